The summed E-state index contributed by atoms with van der Waals surface area (Å²) in [6.45, 7) is 2.75. The average molecular weight is 252 g/mol. The van der Waals surface area contributed by atoms with Crippen LogP contribution < -0.4 is 9.64 Å². The van der Waals surface area contributed by atoms with Crippen LogP contribution in [0.5, 0.6) is 5.88 Å². The molecule has 1 aliphatic heterocycles. The third-order valence-corrected chi connectivity index (χ3v) is 2.82. The van der Waals surface area contributed by atoms with Gasteiger partial charge in [0.2, 0.25) is 5.88 Å². The molecule has 2 heterocycles. The van der Waals surface area contributed by atoms with Crippen LogP contribution in [0.1, 0.15) is 10.4 Å². The molecule has 6 heteroatoms. The Labute approximate surface area is 105 Å². The van der Waals surface area contributed by atoms with Gasteiger partial charge in [0.05, 0.1) is 33.1 Å². The van der Waals surface area contributed by atoms with Crippen molar-refractivity contribution >= 4 is 11.7 Å². The summed E-state index contributed by atoms with van der Waals surface area (Å²) in [7, 11) is 2.90. The van der Waals surface area contributed by atoms with Crippen LogP contribution in [-0.2, 0) is 9.47 Å². The van der Waals surface area contributed by atoms with Crippen LogP contribution in [0.15, 0.2) is 12.3 Å². The highest BCUT2D eigenvalue weighted by atomic mass is 16.5. The zero-order chi connectivity index (χ0) is 13.0. The quantitative estimate of drug-likeness (QED) is 0.738. The van der Waals surface area contributed by atoms with Crippen molar-refractivity contribution in [2.24, 2.45) is 0 Å². The number of anilines is 1. The van der Waals surface area contributed by atoms with Crippen LogP contribution >= 0.6 is 0 Å². The zero-order valence-electron chi connectivity index (χ0n) is 10.5. The lowest BCUT2D eigenvalue weighted by Crippen LogP contribution is -2.37. The van der Waals surface area contributed by atoms with Crippen molar-refractivity contribution in [2.45, 2.75) is 0 Å². The predicted octanol–water partition coefficient (Wildman–Crippen LogP) is 0.713. The van der Waals surface area contributed by atoms with Crippen molar-refractivity contribution in [1.29, 1.82) is 0 Å². The Morgan fingerprint density at radius 3 is 2.72 bits per heavy atom. The van der Waals surface area contributed by atoms with Gasteiger partial charge in [-0.1, -0.05) is 0 Å². The second-order valence-electron chi connectivity index (χ2n) is 3.83. The second kappa shape index (κ2) is 5.68. The SMILES string of the molecule is COC(=O)c1cnc(OC)cc1N1CCOCC1. The van der Waals surface area contributed by atoms with Gasteiger partial charge in [-0.15, -0.1) is 0 Å². The van der Waals surface area contributed by atoms with E-state index in [9.17, 15) is 4.79 Å². The monoisotopic (exact) mass is 252 g/mol. The largest absolute Gasteiger partial charge is 0.481 e. The molecule has 2 rings (SSSR count). The van der Waals surface area contributed by atoms with E-state index in [0.29, 0.717) is 24.7 Å². The minimum atomic E-state index is -0.397. The van der Waals surface area contributed by atoms with Crippen LogP contribution in [-0.4, -0.2) is 51.5 Å². The summed E-state index contributed by atoms with van der Waals surface area (Å²) in [5.74, 6) is 0.0794. The van der Waals surface area contributed by atoms with E-state index in [0.717, 1.165) is 18.8 Å². The van der Waals surface area contributed by atoms with Crippen LogP contribution in [0.3, 0.4) is 0 Å². The van der Waals surface area contributed by atoms with Crippen LogP contribution in [0.2, 0.25) is 0 Å². The van der Waals surface area contributed by atoms with Gasteiger partial charge in [0, 0.05) is 25.4 Å². The fourth-order valence-corrected chi connectivity index (χ4v) is 1.87. The molecule has 1 aliphatic rings. The second-order valence-corrected chi connectivity index (χ2v) is 3.83. The molecular formula is C12H16N2O4. The van der Waals surface area contributed by atoms with Gasteiger partial charge in [0.25, 0.3) is 0 Å². The summed E-state index contributed by atoms with van der Waals surface area (Å²) in [6.07, 6.45) is 1.48. The van der Waals surface area contributed by atoms with E-state index in [4.69, 9.17) is 14.2 Å². The van der Waals surface area contributed by atoms with E-state index in [1.165, 1.54) is 13.3 Å². The highest BCUT2D eigenvalue weighted by Crippen LogP contribution is 2.25. The predicted molar refractivity (Wildman–Crippen MR) is 65.2 cm³/mol. The van der Waals surface area contributed by atoms with Crippen LogP contribution in [0.4, 0.5) is 5.69 Å². The van der Waals surface area contributed by atoms with Gasteiger partial charge in [0.15, 0.2) is 0 Å². The number of esters is 1. The first-order valence-electron chi connectivity index (χ1n) is 5.71. The molecule has 1 aromatic heterocycles. The first-order chi connectivity index (χ1) is 8.76. The summed E-state index contributed by atoms with van der Waals surface area (Å²) in [6, 6.07) is 1.75. The lowest BCUT2D eigenvalue weighted by Gasteiger charge is -2.30. The third kappa shape index (κ3) is 2.53. The number of carbonyl (C=O) groups is 1. The number of methoxy groups -OCH3 is 2. The van der Waals surface area contributed by atoms with Crippen LogP contribution in [0.25, 0.3) is 0 Å². The average Bonchev–Trinajstić information content (AvgIpc) is 2.46. The van der Waals surface area contributed by atoms with E-state index in [2.05, 4.69) is 9.88 Å². The molecule has 0 radical (unpaired) electrons. The number of hydrogen-bond acceptors (Lipinski definition) is 6. The number of morpholine rings is 1. The van der Waals surface area contributed by atoms with E-state index in [1.54, 1.807) is 13.2 Å². The number of ether oxygens (including phenoxy) is 3. The molecular weight excluding hydrogens is 236 g/mol. The van der Waals surface area contributed by atoms with Crippen molar-refractivity contribution in [3.8, 4) is 5.88 Å². The lowest BCUT2D eigenvalue weighted by atomic mass is 10.2. The van der Waals surface area contributed by atoms with Gasteiger partial charge in [-0.25, -0.2) is 9.78 Å². The number of nitrogens with zero attached hydrogens (tertiary/aromatic N) is 2. The maximum absolute atomic E-state index is 11.7. The van der Waals surface area contributed by atoms with Crippen molar-refractivity contribution in [1.82, 2.24) is 4.98 Å². The molecule has 0 aromatic carbocycles. The van der Waals surface area contributed by atoms with Gasteiger partial charge in [0.1, 0.15) is 5.56 Å². The number of pyridine rings is 1. The number of rotatable bonds is 3. The fourth-order valence-electron chi connectivity index (χ4n) is 1.87. The minimum Gasteiger partial charge on any atom is -0.481 e. The fraction of sp³-hybridized carbons (Fsp3) is 0.500. The first-order valence-corrected chi connectivity index (χ1v) is 5.71. The first kappa shape index (κ1) is 12.6. The smallest absolute Gasteiger partial charge is 0.341 e. The van der Waals surface area contributed by atoms with Gasteiger partial charge in [-0.2, -0.15) is 0 Å². The molecule has 6 nitrogen and oxygen atoms in total. The van der Waals surface area contributed by atoms with Crippen molar-refractivity contribution < 1.29 is 19.0 Å². The molecule has 0 spiro atoms. The number of hydrogen-bond donors (Lipinski definition) is 0. The van der Waals surface area contributed by atoms with Gasteiger partial charge < -0.3 is 19.1 Å². The summed E-state index contributed by atoms with van der Waals surface area (Å²) in [5.41, 5.74) is 1.22. The Kier molecular flexibility index (Phi) is 3.99. The topological polar surface area (TPSA) is 60.9 Å². The molecule has 0 saturated carbocycles. The van der Waals surface area contributed by atoms with Gasteiger partial charge in [-0.05, 0) is 0 Å². The Morgan fingerprint density at radius 1 is 1.39 bits per heavy atom. The van der Waals surface area contributed by atoms with Crippen molar-refractivity contribution in [3.05, 3.63) is 17.8 Å². The Hall–Kier alpha value is -1.82. The maximum Gasteiger partial charge on any atom is 0.341 e. The molecule has 1 aromatic rings. The maximum atomic E-state index is 11.7. The molecule has 0 aliphatic carbocycles. The van der Waals surface area contributed by atoms with E-state index >= 15 is 0 Å². The number of carbonyl (C=O) groups excluding carboxylic acids is 1. The standard InChI is InChI=1S/C12H16N2O4/c1-16-11-7-10(14-3-5-18-6-4-14)9(8-13-11)12(15)17-2/h7-8H,3-6H2,1-2H3. The summed E-state index contributed by atoms with van der Waals surface area (Å²) < 4.78 is 15.2. The van der Waals surface area contributed by atoms with E-state index < -0.39 is 5.97 Å². The normalized spacial score (nSPS) is 15.3. The molecule has 0 atom stereocenters. The molecule has 0 amide bonds. The van der Waals surface area contributed by atoms with Crippen molar-refractivity contribution in [3.63, 3.8) is 0 Å². The molecule has 0 N–H and O–H groups in total. The van der Waals surface area contributed by atoms with Crippen LogP contribution in [0, 0.1) is 0 Å². The summed E-state index contributed by atoms with van der Waals surface area (Å²) >= 11 is 0. The Bertz CT molecular complexity index is 430. The summed E-state index contributed by atoms with van der Waals surface area (Å²) in [5, 5.41) is 0. The third-order valence-electron chi connectivity index (χ3n) is 2.82. The van der Waals surface area contributed by atoms with E-state index in [-0.39, 0.29) is 0 Å². The van der Waals surface area contributed by atoms with Crippen molar-refractivity contribution in [2.75, 3.05) is 45.4 Å². The Balaban J connectivity index is 2.36. The minimum absolute atomic E-state index is 0.397. The molecule has 0 bridgehead atoms. The van der Waals surface area contributed by atoms with Gasteiger partial charge >= 0.3 is 5.97 Å². The zero-order valence-corrected chi connectivity index (χ0v) is 10.5. The molecule has 1 saturated heterocycles. The highest BCUT2D eigenvalue weighted by molar-refractivity contribution is 5.95. The molecule has 98 valence electrons. The highest BCUT2D eigenvalue weighted by Gasteiger charge is 2.20. The molecule has 1 fully saturated rings. The molecule has 18 heavy (non-hydrogen) atoms. The van der Waals surface area contributed by atoms with Gasteiger partial charge in [-0.3, -0.25) is 0 Å². The summed E-state index contributed by atoms with van der Waals surface area (Å²) in [4.78, 5) is 17.8. The van der Waals surface area contributed by atoms with E-state index in [1.807, 2.05) is 0 Å². The lowest BCUT2D eigenvalue weighted by molar-refractivity contribution is 0.0600. The molecule has 0 unspecified atom stereocenters. The number of aromatic nitrogens is 1. The Morgan fingerprint density at radius 2 is 2.11 bits per heavy atom.